The van der Waals surface area contributed by atoms with Gasteiger partial charge in [-0.1, -0.05) is 34.8 Å². The van der Waals surface area contributed by atoms with Crippen LogP contribution >= 0.6 is 11.3 Å². The van der Waals surface area contributed by atoms with Crippen LogP contribution in [0.2, 0.25) is 0 Å². The first-order valence-electron chi connectivity index (χ1n) is 11.4. The van der Waals surface area contributed by atoms with Crippen LogP contribution < -0.4 is 9.37 Å². The van der Waals surface area contributed by atoms with Crippen LogP contribution in [-0.4, -0.2) is 56.6 Å². The molecule has 0 saturated carbocycles. The highest BCUT2D eigenvalue weighted by atomic mass is 32.2. The molecule has 14 heteroatoms. The maximum absolute atomic E-state index is 15.5. The summed E-state index contributed by atoms with van der Waals surface area (Å²) in [6.45, 7) is 3.67. The summed E-state index contributed by atoms with van der Waals surface area (Å²) in [5, 5.41) is 1.05. The molecule has 0 bridgehead atoms. The molecule has 2 aromatic carbocycles. The molecule has 0 radical (unpaired) electrons. The van der Waals surface area contributed by atoms with Crippen molar-refractivity contribution in [3.05, 3.63) is 70.3 Å². The number of likely N-dealkylation sites (N-methyl/N-ethyl adjacent to an activating group) is 1. The fourth-order valence-corrected chi connectivity index (χ4v) is 6.16. The van der Waals surface area contributed by atoms with E-state index in [4.69, 9.17) is 0 Å². The van der Waals surface area contributed by atoms with Crippen LogP contribution in [0.3, 0.4) is 0 Å². The smallest absolute Gasteiger partial charge is 0.370 e. The second kappa shape index (κ2) is 10.9. The lowest BCUT2D eigenvalue weighted by Gasteiger charge is -2.29. The van der Waals surface area contributed by atoms with Gasteiger partial charge in [-0.25, -0.2) is 14.2 Å². The van der Waals surface area contributed by atoms with Gasteiger partial charge in [-0.3, -0.25) is 4.90 Å². The Balaban J connectivity index is 1.58. The fraction of sp³-hybridized carbons (Fsp3) is 0.333. The van der Waals surface area contributed by atoms with E-state index >= 15 is 4.39 Å². The van der Waals surface area contributed by atoms with Crippen molar-refractivity contribution in [2.75, 3.05) is 29.5 Å². The highest BCUT2D eigenvalue weighted by Gasteiger charge is 2.46. The standard InChI is InChI=1S/C24H24F4N4O4S2/c1-16-19(30(2)18-10-11-31(13-18)12-17-6-4-3-5-7-17)8-9-20(22(16)25)38(34,35)32(21-14-37-15-29-21)36-23(33)24(26,27)28/h3-9,14-15,18H,10-13H2,1-2H3/t18-/m0/s1. The number of carbonyl (C=O) groups is 1. The third-order valence-electron chi connectivity index (χ3n) is 6.25. The maximum Gasteiger partial charge on any atom is 0.493 e. The van der Waals surface area contributed by atoms with E-state index in [1.165, 1.54) is 18.6 Å². The third-order valence-corrected chi connectivity index (χ3v) is 8.39. The van der Waals surface area contributed by atoms with E-state index in [0.29, 0.717) is 12.2 Å². The van der Waals surface area contributed by atoms with Gasteiger partial charge in [0.2, 0.25) is 0 Å². The minimum atomic E-state index is -5.49. The van der Waals surface area contributed by atoms with E-state index in [-0.39, 0.29) is 16.1 Å². The minimum absolute atomic E-state index is 0.0181. The van der Waals surface area contributed by atoms with Crippen molar-refractivity contribution < 1.29 is 35.6 Å². The number of hydrogen-bond donors (Lipinski definition) is 0. The van der Waals surface area contributed by atoms with Crippen molar-refractivity contribution in [2.24, 2.45) is 0 Å². The van der Waals surface area contributed by atoms with Crippen molar-refractivity contribution >= 4 is 38.8 Å². The molecular formula is C24H24F4N4O4S2. The third kappa shape index (κ3) is 5.76. The normalized spacial score (nSPS) is 16.4. The zero-order valence-corrected chi connectivity index (χ0v) is 22.0. The average Bonchev–Trinajstić information content (AvgIpc) is 3.56. The fourth-order valence-electron chi connectivity index (χ4n) is 4.27. The van der Waals surface area contributed by atoms with Gasteiger partial charge in [0.1, 0.15) is 10.7 Å². The highest BCUT2D eigenvalue weighted by Crippen LogP contribution is 2.33. The Morgan fingerprint density at radius 1 is 1.21 bits per heavy atom. The topological polar surface area (TPSA) is 83.0 Å². The molecule has 1 aliphatic heterocycles. The minimum Gasteiger partial charge on any atom is -0.370 e. The van der Waals surface area contributed by atoms with Gasteiger partial charge in [-0.2, -0.15) is 21.6 Å². The van der Waals surface area contributed by atoms with Crippen LogP contribution in [0, 0.1) is 12.7 Å². The Hall–Kier alpha value is -3.23. The number of benzene rings is 2. The van der Waals surface area contributed by atoms with Crippen molar-refractivity contribution in [1.29, 1.82) is 0 Å². The first-order chi connectivity index (χ1) is 17.9. The van der Waals surface area contributed by atoms with E-state index in [1.54, 1.807) is 7.05 Å². The number of nitrogens with zero attached hydrogens (tertiary/aromatic N) is 4. The molecule has 1 saturated heterocycles. The van der Waals surface area contributed by atoms with Crippen LogP contribution in [0.25, 0.3) is 0 Å². The summed E-state index contributed by atoms with van der Waals surface area (Å²) in [5.74, 6) is -4.57. The number of likely N-dealkylation sites (tertiary alicyclic amines) is 1. The second-order valence-electron chi connectivity index (χ2n) is 8.75. The van der Waals surface area contributed by atoms with Gasteiger partial charge >= 0.3 is 12.1 Å². The molecule has 0 unspecified atom stereocenters. The summed E-state index contributed by atoms with van der Waals surface area (Å²) in [4.78, 5) is 22.4. The largest absolute Gasteiger partial charge is 0.493 e. The van der Waals surface area contributed by atoms with Crippen LogP contribution in [0.15, 0.2) is 58.3 Å². The zero-order valence-electron chi connectivity index (χ0n) is 20.4. The number of thiazole rings is 1. The SMILES string of the molecule is Cc1c(N(C)[C@H]2CCN(Cc3ccccc3)C2)ccc(S(=O)(=O)N(OC(=O)C(F)(F)F)c2cscn2)c1F. The predicted molar refractivity (Wildman–Crippen MR) is 134 cm³/mol. The molecule has 8 nitrogen and oxygen atoms in total. The van der Waals surface area contributed by atoms with Crippen molar-refractivity contribution in [3.8, 4) is 0 Å². The van der Waals surface area contributed by atoms with Gasteiger partial charge in [-0.05, 0) is 31.0 Å². The zero-order chi connectivity index (χ0) is 27.7. The van der Waals surface area contributed by atoms with Crippen molar-refractivity contribution in [3.63, 3.8) is 0 Å². The molecule has 38 heavy (non-hydrogen) atoms. The number of anilines is 2. The first-order valence-corrected chi connectivity index (χ1v) is 13.8. The predicted octanol–water partition coefficient (Wildman–Crippen LogP) is 4.52. The number of alkyl halides is 3. The molecule has 0 N–H and O–H groups in total. The molecule has 0 aliphatic carbocycles. The molecule has 3 aromatic rings. The van der Waals surface area contributed by atoms with Gasteiger partial charge in [0.15, 0.2) is 5.82 Å². The second-order valence-corrected chi connectivity index (χ2v) is 11.2. The Bertz CT molecular complexity index is 1390. The Morgan fingerprint density at radius 3 is 2.55 bits per heavy atom. The van der Waals surface area contributed by atoms with Crippen molar-refractivity contribution in [2.45, 2.75) is 37.0 Å². The van der Waals surface area contributed by atoms with Crippen LogP contribution in [-0.2, 0) is 26.2 Å². The molecular weight excluding hydrogens is 548 g/mol. The number of hydrogen-bond acceptors (Lipinski definition) is 8. The number of rotatable bonds is 8. The molecule has 204 valence electrons. The van der Waals surface area contributed by atoms with E-state index < -0.39 is 38.7 Å². The monoisotopic (exact) mass is 572 g/mol. The Kier molecular flexibility index (Phi) is 7.95. The lowest BCUT2D eigenvalue weighted by molar-refractivity contribution is -0.199. The summed E-state index contributed by atoms with van der Waals surface area (Å²) in [7, 11) is -3.33. The Labute approximate surface area is 221 Å². The average molecular weight is 573 g/mol. The quantitative estimate of drug-likeness (QED) is 0.290. The number of sulfonamides is 1. The lowest BCUT2D eigenvalue weighted by atomic mass is 10.1. The van der Waals surface area contributed by atoms with Crippen LogP contribution in [0.1, 0.15) is 17.5 Å². The van der Waals surface area contributed by atoms with Crippen LogP contribution in [0.5, 0.6) is 0 Å². The van der Waals surface area contributed by atoms with Gasteiger partial charge < -0.3 is 9.74 Å². The van der Waals surface area contributed by atoms with E-state index in [1.807, 2.05) is 35.2 Å². The summed E-state index contributed by atoms with van der Waals surface area (Å²) >= 11 is 0.848. The molecule has 0 spiro atoms. The Morgan fingerprint density at radius 2 is 1.92 bits per heavy atom. The summed E-state index contributed by atoms with van der Waals surface area (Å²) in [6.07, 6.45) is -4.68. The molecule has 4 rings (SSSR count). The van der Waals surface area contributed by atoms with Gasteiger partial charge in [-0.15, -0.1) is 11.3 Å². The summed E-state index contributed by atoms with van der Waals surface area (Å²) < 4.78 is 80.1. The molecule has 1 atom stereocenters. The lowest BCUT2D eigenvalue weighted by Crippen LogP contribution is -2.39. The van der Waals surface area contributed by atoms with Gasteiger partial charge in [0, 0.05) is 49.4 Å². The molecule has 1 fully saturated rings. The number of aromatic nitrogens is 1. The van der Waals surface area contributed by atoms with Gasteiger partial charge in [0.25, 0.3) is 10.0 Å². The molecule has 1 aliphatic rings. The van der Waals surface area contributed by atoms with Gasteiger partial charge in [0.05, 0.1) is 5.51 Å². The van der Waals surface area contributed by atoms with Crippen molar-refractivity contribution in [1.82, 2.24) is 9.88 Å². The maximum atomic E-state index is 15.5. The number of carbonyl (C=O) groups excluding carboxylic acids is 1. The number of halogens is 4. The molecule has 1 aromatic heterocycles. The van der Waals surface area contributed by atoms with E-state index in [2.05, 4.69) is 14.7 Å². The van der Waals surface area contributed by atoms with Crippen LogP contribution in [0.4, 0.5) is 29.1 Å². The first kappa shape index (κ1) is 27.8. The van der Waals surface area contributed by atoms with E-state index in [0.717, 1.165) is 47.8 Å². The highest BCUT2D eigenvalue weighted by molar-refractivity contribution is 7.92. The van der Waals surface area contributed by atoms with E-state index in [9.17, 15) is 26.4 Å². The summed E-state index contributed by atoms with van der Waals surface area (Å²) in [6, 6.07) is 12.3. The summed E-state index contributed by atoms with van der Waals surface area (Å²) in [5.41, 5.74) is 2.71. The molecule has 2 heterocycles. The molecule has 0 amide bonds.